The monoisotopic (exact) mass is 300 g/mol. The molecule has 1 aromatic heterocycles. The van der Waals surface area contributed by atoms with Crippen LogP contribution in [0.4, 0.5) is 5.69 Å². The minimum atomic E-state index is -0.532. The number of anilines is 1. The summed E-state index contributed by atoms with van der Waals surface area (Å²) < 4.78 is 0. The Balaban J connectivity index is 1.91. The number of benzene rings is 1. The van der Waals surface area contributed by atoms with Crippen molar-refractivity contribution in [1.82, 2.24) is 15.5 Å². The molecule has 7 heteroatoms. The standard InChI is InChI=1S/C15H16N4O3/c1-2-10-5-3-4-6-11(10)17-14(21)9-16-15(22)12-7-8-13(20)19-18-12/h3-8H,2,9H2,1H3,(H,16,22)(H,17,21)(H,19,20). The summed E-state index contributed by atoms with van der Waals surface area (Å²) in [5.41, 5.74) is 1.39. The molecule has 0 unspecified atom stereocenters. The molecule has 3 N–H and O–H groups in total. The van der Waals surface area contributed by atoms with Crippen LogP contribution in [0.5, 0.6) is 0 Å². The number of H-pyrrole nitrogens is 1. The van der Waals surface area contributed by atoms with E-state index in [1.54, 1.807) is 0 Å². The SMILES string of the molecule is CCc1ccccc1NC(=O)CNC(=O)c1ccc(=O)[nH]n1. The predicted octanol–water partition coefficient (Wildman–Crippen LogP) is 0.701. The highest BCUT2D eigenvalue weighted by Gasteiger charge is 2.10. The molecule has 0 radical (unpaired) electrons. The zero-order chi connectivity index (χ0) is 15.9. The van der Waals surface area contributed by atoms with Crippen molar-refractivity contribution < 1.29 is 9.59 Å². The highest BCUT2D eigenvalue weighted by Crippen LogP contribution is 2.14. The summed E-state index contributed by atoms with van der Waals surface area (Å²) >= 11 is 0. The molecule has 0 spiro atoms. The number of nitrogens with one attached hydrogen (secondary N) is 3. The highest BCUT2D eigenvalue weighted by atomic mass is 16.2. The van der Waals surface area contributed by atoms with Gasteiger partial charge in [0.15, 0.2) is 0 Å². The summed E-state index contributed by atoms with van der Waals surface area (Å²) in [6.07, 6.45) is 0.796. The smallest absolute Gasteiger partial charge is 0.272 e. The van der Waals surface area contributed by atoms with Crippen LogP contribution in [0.3, 0.4) is 0 Å². The molecule has 0 saturated carbocycles. The highest BCUT2D eigenvalue weighted by molar-refractivity contribution is 5.98. The molecule has 0 aliphatic carbocycles. The number of aryl methyl sites for hydroxylation is 1. The predicted molar refractivity (Wildman–Crippen MR) is 81.6 cm³/mol. The van der Waals surface area contributed by atoms with Crippen molar-refractivity contribution in [2.45, 2.75) is 13.3 Å². The maximum atomic E-state index is 11.9. The molecular weight excluding hydrogens is 284 g/mol. The second kappa shape index (κ2) is 7.16. The van der Waals surface area contributed by atoms with E-state index < -0.39 is 11.5 Å². The van der Waals surface area contributed by atoms with Gasteiger partial charge in [0.1, 0.15) is 5.69 Å². The quantitative estimate of drug-likeness (QED) is 0.756. The number of rotatable bonds is 5. The van der Waals surface area contributed by atoms with E-state index in [0.717, 1.165) is 17.7 Å². The summed E-state index contributed by atoms with van der Waals surface area (Å²) in [5.74, 6) is -0.867. The maximum absolute atomic E-state index is 11.9. The number of aromatic nitrogens is 2. The van der Waals surface area contributed by atoms with E-state index in [2.05, 4.69) is 20.8 Å². The van der Waals surface area contributed by atoms with Crippen molar-refractivity contribution in [2.75, 3.05) is 11.9 Å². The van der Waals surface area contributed by atoms with Crippen LogP contribution in [0.2, 0.25) is 0 Å². The molecule has 2 rings (SSSR count). The average Bonchev–Trinajstić information content (AvgIpc) is 2.54. The number of aromatic amines is 1. The molecule has 0 atom stereocenters. The normalized spacial score (nSPS) is 10.0. The van der Waals surface area contributed by atoms with E-state index in [-0.39, 0.29) is 18.1 Å². The van der Waals surface area contributed by atoms with Crippen molar-refractivity contribution >= 4 is 17.5 Å². The van der Waals surface area contributed by atoms with Gasteiger partial charge in [0.05, 0.1) is 6.54 Å². The van der Waals surface area contributed by atoms with Crippen molar-refractivity contribution in [3.63, 3.8) is 0 Å². The van der Waals surface area contributed by atoms with Crippen molar-refractivity contribution in [2.24, 2.45) is 0 Å². The van der Waals surface area contributed by atoms with Crippen LogP contribution in [-0.2, 0) is 11.2 Å². The van der Waals surface area contributed by atoms with Gasteiger partial charge in [-0.1, -0.05) is 25.1 Å². The number of carbonyl (C=O) groups excluding carboxylic acids is 2. The lowest BCUT2D eigenvalue weighted by Gasteiger charge is -2.10. The largest absolute Gasteiger partial charge is 0.342 e. The molecule has 1 aromatic carbocycles. The Morgan fingerprint density at radius 3 is 2.64 bits per heavy atom. The lowest BCUT2D eigenvalue weighted by atomic mass is 10.1. The minimum absolute atomic E-state index is 0.0429. The number of hydrogen-bond donors (Lipinski definition) is 3. The first-order valence-corrected chi connectivity index (χ1v) is 6.82. The topological polar surface area (TPSA) is 104 Å². The van der Waals surface area contributed by atoms with Crippen LogP contribution >= 0.6 is 0 Å². The summed E-state index contributed by atoms with van der Waals surface area (Å²) in [7, 11) is 0. The van der Waals surface area contributed by atoms with Gasteiger partial charge in [-0.05, 0) is 24.1 Å². The molecule has 0 aliphatic rings. The third kappa shape index (κ3) is 4.02. The summed E-state index contributed by atoms with van der Waals surface area (Å²) in [6.45, 7) is 1.81. The van der Waals surface area contributed by atoms with Crippen LogP contribution in [-0.4, -0.2) is 28.6 Å². The van der Waals surface area contributed by atoms with Gasteiger partial charge in [-0.2, -0.15) is 5.10 Å². The maximum Gasteiger partial charge on any atom is 0.272 e. The van der Waals surface area contributed by atoms with Gasteiger partial charge < -0.3 is 10.6 Å². The van der Waals surface area contributed by atoms with Crippen LogP contribution in [0.25, 0.3) is 0 Å². The second-order valence-electron chi connectivity index (χ2n) is 4.55. The number of amides is 2. The van der Waals surface area contributed by atoms with Crippen LogP contribution in [0.15, 0.2) is 41.2 Å². The first-order valence-electron chi connectivity index (χ1n) is 6.82. The van der Waals surface area contributed by atoms with Gasteiger partial charge in [-0.3, -0.25) is 14.4 Å². The van der Waals surface area contributed by atoms with E-state index in [9.17, 15) is 14.4 Å². The first-order chi connectivity index (χ1) is 10.6. The number of para-hydroxylation sites is 1. The summed E-state index contributed by atoms with van der Waals surface area (Å²) in [5, 5.41) is 10.9. The fourth-order valence-electron chi connectivity index (χ4n) is 1.87. The number of carbonyl (C=O) groups is 2. The Bertz CT molecular complexity index is 719. The zero-order valence-electron chi connectivity index (χ0n) is 12.1. The molecular formula is C15H16N4O3. The second-order valence-corrected chi connectivity index (χ2v) is 4.55. The van der Waals surface area contributed by atoms with Gasteiger partial charge in [-0.25, -0.2) is 5.10 Å². The van der Waals surface area contributed by atoms with E-state index in [1.165, 1.54) is 12.1 Å². The lowest BCUT2D eigenvalue weighted by Crippen LogP contribution is -2.33. The van der Waals surface area contributed by atoms with Crippen LogP contribution in [0, 0.1) is 0 Å². The molecule has 0 bridgehead atoms. The van der Waals surface area contributed by atoms with Crippen molar-refractivity contribution in [3.8, 4) is 0 Å². The molecule has 2 amide bonds. The third-order valence-corrected chi connectivity index (χ3v) is 2.99. The molecule has 7 nitrogen and oxygen atoms in total. The van der Waals surface area contributed by atoms with Gasteiger partial charge >= 0.3 is 0 Å². The van der Waals surface area contributed by atoms with Crippen molar-refractivity contribution in [3.05, 3.63) is 58.0 Å². The Labute approximate surface area is 126 Å². The minimum Gasteiger partial charge on any atom is -0.342 e. The summed E-state index contributed by atoms with van der Waals surface area (Å²) in [6, 6.07) is 9.95. The van der Waals surface area contributed by atoms with E-state index in [4.69, 9.17) is 0 Å². The van der Waals surface area contributed by atoms with Crippen LogP contribution in [0.1, 0.15) is 23.0 Å². The Kier molecular flexibility index (Phi) is 5.02. The van der Waals surface area contributed by atoms with Gasteiger partial charge in [-0.15, -0.1) is 0 Å². The van der Waals surface area contributed by atoms with Crippen molar-refractivity contribution in [1.29, 1.82) is 0 Å². The van der Waals surface area contributed by atoms with E-state index >= 15 is 0 Å². The van der Waals surface area contributed by atoms with Gasteiger partial charge in [0.2, 0.25) is 5.91 Å². The molecule has 0 saturated heterocycles. The first kappa shape index (κ1) is 15.4. The number of nitrogens with zero attached hydrogens (tertiary/aromatic N) is 1. The fourth-order valence-corrected chi connectivity index (χ4v) is 1.87. The van der Waals surface area contributed by atoms with Crippen LogP contribution < -0.4 is 16.2 Å². The lowest BCUT2D eigenvalue weighted by molar-refractivity contribution is -0.115. The molecule has 22 heavy (non-hydrogen) atoms. The average molecular weight is 300 g/mol. The molecule has 2 aromatic rings. The Hall–Kier alpha value is -2.96. The Morgan fingerprint density at radius 2 is 1.95 bits per heavy atom. The summed E-state index contributed by atoms with van der Waals surface area (Å²) in [4.78, 5) is 34.5. The molecule has 1 heterocycles. The molecule has 114 valence electrons. The van der Waals surface area contributed by atoms with E-state index in [0.29, 0.717) is 0 Å². The third-order valence-electron chi connectivity index (χ3n) is 2.99. The molecule has 0 aliphatic heterocycles. The fraction of sp³-hybridized carbons (Fsp3) is 0.200. The molecule has 0 fully saturated rings. The zero-order valence-corrected chi connectivity index (χ0v) is 12.1. The Morgan fingerprint density at radius 1 is 1.18 bits per heavy atom. The van der Waals surface area contributed by atoms with Gasteiger partial charge in [0.25, 0.3) is 11.5 Å². The van der Waals surface area contributed by atoms with E-state index in [1.807, 2.05) is 31.2 Å². The van der Waals surface area contributed by atoms with Gasteiger partial charge in [0, 0.05) is 11.8 Å². The number of hydrogen-bond acceptors (Lipinski definition) is 4.